The molecule has 0 aliphatic carbocycles. The second kappa shape index (κ2) is 2.62. The van der Waals surface area contributed by atoms with E-state index in [4.69, 9.17) is 4.42 Å². The zero-order valence-electron chi connectivity index (χ0n) is 6.78. The molecule has 1 radical (unpaired) electrons. The summed E-state index contributed by atoms with van der Waals surface area (Å²) in [5.74, 6) is 0.0295. The molecule has 0 aliphatic heterocycles. The Morgan fingerprint density at radius 1 is 1.23 bits per heavy atom. The number of phenolic OH excluding ortho intramolecular Hbond substituents is 1. The zero-order chi connectivity index (χ0) is 9.42. The molecule has 1 N–H and O–H groups in total. The highest BCUT2D eigenvalue weighted by molar-refractivity contribution is 5.82. The van der Waals surface area contributed by atoms with Crippen LogP contribution >= 0.6 is 0 Å². The van der Waals surface area contributed by atoms with E-state index in [0.717, 1.165) is 5.39 Å². The summed E-state index contributed by atoms with van der Waals surface area (Å²) in [6.45, 7) is 3.61. The van der Waals surface area contributed by atoms with E-state index in [1.54, 1.807) is 12.1 Å². The first-order valence-corrected chi connectivity index (χ1v) is 3.76. The van der Waals surface area contributed by atoms with Crippen molar-refractivity contribution in [2.24, 2.45) is 0 Å². The van der Waals surface area contributed by atoms with E-state index < -0.39 is 5.63 Å². The molecule has 1 heterocycles. The molecule has 0 spiro atoms. The van der Waals surface area contributed by atoms with Crippen LogP contribution in [0.5, 0.6) is 5.75 Å². The van der Waals surface area contributed by atoms with Crippen LogP contribution in [0.3, 0.4) is 0 Å². The predicted octanol–water partition coefficient (Wildman–Crippen LogP) is 1.68. The average Bonchev–Trinajstić information content (AvgIpc) is 2.12. The molecule has 0 unspecified atom stereocenters. The highest BCUT2D eigenvalue weighted by Crippen LogP contribution is 2.24. The minimum atomic E-state index is -0.442. The third kappa shape index (κ3) is 1.18. The smallest absolute Gasteiger partial charge is 0.336 e. The van der Waals surface area contributed by atoms with Gasteiger partial charge in [-0.25, -0.2) is 4.79 Å². The molecular weight excluding hydrogens is 168 g/mol. The first kappa shape index (κ1) is 7.86. The Labute approximate surface area is 74.2 Å². The fourth-order valence-corrected chi connectivity index (χ4v) is 1.18. The summed E-state index contributed by atoms with van der Waals surface area (Å²) < 4.78 is 4.90. The number of rotatable bonds is 0. The highest BCUT2D eigenvalue weighted by atomic mass is 16.4. The molecule has 0 bridgehead atoms. The molecule has 0 aliphatic rings. The van der Waals surface area contributed by atoms with Crippen LogP contribution in [-0.2, 0) is 0 Å². The molecule has 1 aromatic heterocycles. The van der Waals surface area contributed by atoms with E-state index >= 15 is 0 Å². The SMILES string of the molecule is [CH2]c1c(O)ccc2ccc(=O)oc12. The second-order valence-corrected chi connectivity index (χ2v) is 2.74. The molecule has 2 rings (SSSR count). The Morgan fingerprint density at radius 2 is 1.92 bits per heavy atom. The quantitative estimate of drug-likeness (QED) is 0.620. The van der Waals surface area contributed by atoms with Gasteiger partial charge in [0.15, 0.2) is 0 Å². The van der Waals surface area contributed by atoms with E-state index in [2.05, 4.69) is 6.92 Å². The lowest BCUT2D eigenvalue weighted by molar-refractivity contribution is 0.470. The van der Waals surface area contributed by atoms with Crippen molar-refractivity contribution in [2.45, 2.75) is 0 Å². The first-order chi connectivity index (χ1) is 6.18. The van der Waals surface area contributed by atoms with Crippen LogP contribution in [0.15, 0.2) is 33.5 Å². The topological polar surface area (TPSA) is 50.4 Å². The van der Waals surface area contributed by atoms with Gasteiger partial charge in [-0.15, -0.1) is 0 Å². The van der Waals surface area contributed by atoms with E-state index in [-0.39, 0.29) is 5.75 Å². The maximum atomic E-state index is 10.9. The van der Waals surface area contributed by atoms with Gasteiger partial charge in [0.2, 0.25) is 0 Å². The second-order valence-electron chi connectivity index (χ2n) is 2.74. The fraction of sp³-hybridized carbons (Fsp3) is 0. The Hall–Kier alpha value is -1.77. The summed E-state index contributed by atoms with van der Waals surface area (Å²) in [5.41, 5.74) is 0.241. The summed E-state index contributed by atoms with van der Waals surface area (Å²) in [6.07, 6.45) is 0. The molecule has 0 amide bonds. The third-order valence-electron chi connectivity index (χ3n) is 1.87. The van der Waals surface area contributed by atoms with Crippen molar-refractivity contribution < 1.29 is 9.52 Å². The monoisotopic (exact) mass is 175 g/mol. The summed E-state index contributed by atoms with van der Waals surface area (Å²) in [4.78, 5) is 10.9. The summed E-state index contributed by atoms with van der Waals surface area (Å²) in [5, 5.41) is 10.0. The minimum absolute atomic E-state index is 0.0295. The molecule has 3 nitrogen and oxygen atoms in total. The van der Waals surface area contributed by atoms with Crippen molar-refractivity contribution in [2.75, 3.05) is 0 Å². The van der Waals surface area contributed by atoms with Gasteiger partial charge in [0.1, 0.15) is 11.3 Å². The Kier molecular flexibility index (Phi) is 1.59. The molecule has 3 heteroatoms. The summed E-state index contributed by atoms with van der Waals surface area (Å²) >= 11 is 0. The van der Waals surface area contributed by atoms with Gasteiger partial charge in [0.25, 0.3) is 0 Å². The van der Waals surface area contributed by atoms with E-state index in [1.807, 2.05) is 0 Å². The van der Waals surface area contributed by atoms with Gasteiger partial charge in [-0.05, 0) is 25.1 Å². The van der Waals surface area contributed by atoms with Gasteiger partial charge in [-0.1, -0.05) is 0 Å². The van der Waals surface area contributed by atoms with Crippen molar-refractivity contribution in [3.05, 3.63) is 47.2 Å². The number of hydrogen-bond donors (Lipinski definition) is 1. The lowest BCUT2D eigenvalue weighted by Gasteiger charge is -2.01. The number of hydrogen-bond acceptors (Lipinski definition) is 3. The maximum absolute atomic E-state index is 10.9. The fourth-order valence-electron chi connectivity index (χ4n) is 1.18. The summed E-state index contributed by atoms with van der Waals surface area (Å²) in [7, 11) is 0. The van der Waals surface area contributed by atoms with Gasteiger partial charge in [-0.2, -0.15) is 0 Å². The van der Waals surface area contributed by atoms with Crippen LogP contribution in [0.25, 0.3) is 11.0 Å². The van der Waals surface area contributed by atoms with E-state index in [9.17, 15) is 9.90 Å². The van der Waals surface area contributed by atoms with Gasteiger partial charge < -0.3 is 9.52 Å². The van der Waals surface area contributed by atoms with Crippen LogP contribution in [-0.4, -0.2) is 5.11 Å². The molecule has 0 saturated carbocycles. The largest absolute Gasteiger partial charge is 0.508 e. The van der Waals surface area contributed by atoms with Crippen molar-refractivity contribution in [3.8, 4) is 5.75 Å². The maximum Gasteiger partial charge on any atom is 0.336 e. The van der Waals surface area contributed by atoms with Crippen LogP contribution in [0.1, 0.15) is 5.56 Å². The van der Waals surface area contributed by atoms with E-state index in [0.29, 0.717) is 11.1 Å². The standard InChI is InChI=1S/C10H7O3/c1-6-8(11)4-2-7-3-5-9(12)13-10(6)7/h2-5,11H,1H2. The number of aromatic hydroxyl groups is 1. The van der Waals surface area contributed by atoms with Gasteiger partial charge in [-0.3, -0.25) is 0 Å². The normalized spacial score (nSPS) is 10.5. The zero-order valence-corrected chi connectivity index (χ0v) is 6.78. The number of fused-ring (bicyclic) bond motifs is 1. The van der Waals surface area contributed by atoms with Crippen molar-refractivity contribution in [1.82, 2.24) is 0 Å². The lowest BCUT2D eigenvalue weighted by Crippen LogP contribution is -1.95. The predicted molar refractivity (Wildman–Crippen MR) is 48.6 cm³/mol. The molecule has 65 valence electrons. The van der Waals surface area contributed by atoms with Crippen LogP contribution in [0.2, 0.25) is 0 Å². The first-order valence-electron chi connectivity index (χ1n) is 3.76. The Morgan fingerprint density at radius 3 is 2.69 bits per heavy atom. The molecule has 1 aromatic carbocycles. The molecule has 0 saturated heterocycles. The molecule has 13 heavy (non-hydrogen) atoms. The highest BCUT2D eigenvalue weighted by Gasteiger charge is 2.04. The number of benzene rings is 1. The van der Waals surface area contributed by atoms with E-state index in [1.165, 1.54) is 12.1 Å². The van der Waals surface area contributed by atoms with Crippen molar-refractivity contribution in [3.63, 3.8) is 0 Å². The summed E-state index contributed by atoms with van der Waals surface area (Å²) in [6, 6.07) is 6.15. The van der Waals surface area contributed by atoms with Crippen molar-refractivity contribution in [1.29, 1.82) is 0 Å². The number of phenols is 1. The van der Waals surface area contributed by atoms with Crippen LogP contribution in [0.4, 0.5) is 0 Å². The molecule has 0 atom stereocenters. The minimum Gasteiger partial charge on any atom is -0.508 e. The third-order valence-corrected chi connectivity index (χ3v) is 1.87. The molecule has 0 fully saturated rings. The average molecular weight is 175 g/mol. The van der Waals surface area contributed by atoms with Crippen molar-refractivity contribution >= 4 is 11.0 Å². The molecule has 2 aromatic rings. The van der Waals surface area contributed by atoms with Gasteiger partial charge >= 0.3 is 5.63 Å². The Bertz CT molecular complexity index is 511. The Balaban J connectivity index is 2.97. The van der Waals surface area contributed by atoms with Gasteiger partial charge in [0, 0.05) is 17.0 Å². The lowest BCUT2D eigenvalue weighted by atomic mass is 10.1. The van der Waals surface area contributed by atoms with Crippen LogP contribution in [0, 0.1) is 6.92 Å². The van der Waals surface area contributed by atoms with Gasteiger partial charge in [0.05, 0.1) is 0 Å². The van der Waals surface area contributed by atoms with Crippen LogP contribution < -0.4 is 5.63 Å². The molecular formula is C10H7O3.